The van der Waals surface area contributed by atoms with Gasteiger partial charge in [-0.05, 0) is 49.4 Å². The van der Waals surface area contributed by atoms with Gasteiger partial charge in [0.1, 0.15) is 29.4 Å². The van der Waals surface area contributed by atoms with Gasteiger partial charge in [-0.3, -0.25) is 19.4 Å². The largest absolute Gasteiger partial charge is 0.492 e. The molecule has 0 spiro atoms. The predicted molar refractivity (Wildman–Crippen MR) is 155 cm³/mol. The molecule has 1 fully saturated rings. The van der Waals surface area contributed by atoms with E-state index in [4.69, 9.17) is 9.26 Å². The Labute approximate surface area is 243 Å². The van der Waals surface area contributed by atoms with E-state index in [0.717, 1.165) is 16.3 Å². The minimum Gasteiger partial charge on any atom is -0.492 e. The Morgan fingerprint density at radius 1 is 0.929 bits per heavy atom. The molecule has 216 valence electrons. The molecule has 4 aromatic rings. The number of fused-ring (bicyclic) bond motifs is 5. The summed E-state index contributed by atoms with van der Waals surface area (Å²) in [6, 6.07) is 17.3. The fourth-order valence-electron chi connectivity index (χ4n) is 5.92. The van der Waals surface area contributed by atoms with Gasteiger partial charge in [-0.25, -0.2) is 0 Å². The third kappa shape index (κ3) is 5.44. The number of rotatable bonds is 2. The van der Waals surface area contributed by atoms with E-state index >= 15 is 0 Å². The number of hydrogen-bond acceptors (Lipinski definition) is 7. The lowest BCUT2D eigenvalue weighted by Crippen LogP contribution is -2.39. The molecule has 2 aliphatic rings. The number of nitrogens with zero attached hydrogens (tertiary/aromatic N) is 4. The average molecular weight is 568 g/mol. The number of carbonyl (C=O) groups excluding carboxylic acids is 3. The van der Waals surface area contributed by atoms with Crippen molar-refractivity contribution in [3.8, 4) is 5.75 Å². The summed E-state index contributed by atoms with van der Waals surface area (Å²) in [5, 5.41) is 8.91. The van der Waals surface area contributed by atoms with E-state index in [0.29, 0.717) is 67.7 Å². The lowest BCUT2D eigenvalue weighted by atomic mass is 9.88. The molecule has 42 heavy (non-hydrogen) atoms. The van der Waals surface area contributed by atoms with Crippen LogP contribution < -0.4 is 10.1 Å². The molecule has 10 nitrogen and oxygen atoms in total. The SMILES string of the molecule is Cc1noc(C)c1C(=O)N1C[C@@H]2C(=O)NCCCN(C(=O)c3cc4ccccc4cn3)CCOc3cccc(c3)[C@H]2C1. The minimum absolute atomic E-state index is 0.119. The number of aryl methyl sites for hydroxylation is 2. The van der Waals surface area contributed by atoms with Crippen LogP contribution in [0, 0.1) is 19.8 Å². The summed E-state index contributed by atoms with van der Waals surface area (Å²) >= 11 is 0. The molecule has 1 saturated heterocycles. The number of amides is 3. The van der Waals surface area contributed by atoms with Gasteiger partial charge in [0.2, 0.25) is 5.91 Å². The quantitative estimate of drug-likeness (QED) is 0.392. The van der Waals surface area contributed by atoms with E-state index in [2.05, 4.69) is 15.5 Å². The van der Waals surface area contributed by atoms with Gasteiger partial charge < -0.3 is 24.4 Å². The molecule has 3 amide bonds. The van der Waals surface area contributed by atoms with E-state index in [1.54, 1.807) is 29.8 Å². The lowest BCUT2D eigenvalue weighted by molar-refractivity contribution is -0.124. The molecular formula is C32H33N5O5. The predicted octanol–water partition coefficient (Wildman–Crippen LogP) is 3.74. The van der Waals surface area contributed by atoms with Crippen molar-refractivity contribution in [2.24, 2.45) is 5.92 Å². The number of aromatic nitrogens is 2. The Morgan fingerprint density at radius 2 is 1.74 bits per heavy atom. The van der Waals surface area contributed by atoms with Gasteiger partial charge in [0.25, 0.3) is 11.8 Å². The van der Waals surface area contributed by atoms with Gasteiger partial charge in [0, 0.05) is 43.7 Å². The Bertz CT molecular complexity index is 1630. The maximum atomic E-state index is 13.5. The maximum Gasteiger partial charge on any atom is 0.272 e. The topological polar surface area (TPSA) is 118 Å². The molecule has 0 unspecified atom stereocenters. The van der Waals surface area contributed by atoms with Gasteiger partial charge in [0.05, 0.1) is 18.2 Å². The standard InChI is InChI=1S/C32H33N5O5/c1-20-29(21(2)42-35-20)32(40)37-18-26-23-9-5-10-25(15-23)41-14-13-36(12-6-11-33-30(38)27(26)19-37)31(39)28-16-22-7-3-4-8-24(22)17-34-28/h3-5,7-10,15-17,26-27H,6,11-14,18-19H2,1-2H3,(H,33,38)/t26-,27+/m1/s1. The van der Waals surface area contributed by atoms with Crippen LogP contribution in [0.5, 0.6) is 5.75 Å². The van der Waals surface area contributed by atoms with Crippen molar-refractivity contribution >= 4 is 28.5 Å². The Kier molecular flexibility index (Phi) is 7.60. The highest BCUT2D eigenvalue weighted by Crippen LogP contribution is 2.36. The summed E-state index contributed by atoms with van der Waals surface area (Å²) in [4.78, 5) is 48.3. The molecule has 2 aromatic carbocycles. The van der Waals surface area contributed by atoms with E-state index in [1.165, 1.54) is 0 Å². The van der Waals surface area contributed by atoms with Crippen LogP contribution in [-0.2, 0) is 4.79 Å². The van der Waals surface area contributed by atoms with Crippen molar-refractivity contribution in [2.75, 3.05) is 39.3 Å². The van der Waals surface area contributed by atoms with Crippen molar-refractivity contribution in [3.05, 3.63) is 89.1 Å². The summed E-state index contributed by atoms with van der Waals surface area (Å²) in [5.41, 5.74) is 2.28. The number of ether oxygens (including phenoxy) is 1. The summed E-state index contributed by atoms with van der Waals surface area (Å²) in [6.45, 7) is 5.65. The normalized spacial score (nSPS) is 19.5. The molecule has 2 bridgehead atoms. The third-order valence-corrected chi connectivity index (χ3v) is 8.15. The summed E-state index contributed by atoms with van der Waals surface area (Å²) < 4.78 is 11.3. The zero-order valence-electron chi connectivity index (χ0n) is 23.7. The van der Waals surface area contributed by atoms with Gasteiger partial charge in [-0.2, -0.15) is 0 Å². The van der Waals surface area contributed by atoms with Crippen molar-refractivity contribution < 1.29 is 23.6 Å². The highest BCUT2D eigenvalue weighted by Gasteiger charge is 2.41. The van der Waals surface area contributed by atoms with E-state index in [1.807, 2.05) is 54.6 Å². The lowest BCUT2D eigenvalue weighted by Gasteiger charge is -2.24. The number of hydrogen-bond donors (Lipinski definition) is 1. The first-order valence-corrected chi connectivity index (χ1v) is 14.3. The van der Waals surface area contributed by atoms with Crippen molar-refractivity contribution in [1.82, 2.24) is 25.3 Å². The minimum atomic E-state index is -0.438. The van der Waals surface area contributed by atoms with Crippen molar-refractivity contribution in [3.63, 3.8) is 0 Å². The Hall–Kier alpha value is -4.73. The van der Waals surface area contributed by atoms with Gasteiger partial charge in [0.15, 0.2) is 0 Å². The van der Waals surface area contributed by atoms with Crippen LogP contribution in [0.1, 0.15) is 50.2 Å². The maximum absolute atomic E-state index is 13.5. The van der Waals surface area contributed by atoms with Crippen molar-refractivity contribution in [1.29, 1.82) is 0 Å². The van der Waals surface area contributed by atoms with Crippen LogP contribution in [-0.4, -0.2) is 77.0 Å². The first-order chi connectivity index (χ1) is 20.4. The van der Waals surface area contributed by atoms with Crippen molar-refractivity contribution in [2.45, 2.75) is 26.2 Å². The molecule has 4 heterocycles. The van der Waals surface area contributed by atoms with Crippen LogP contribution in [0.25, 0.3) is 10.8 Å². The van der Waals surface area contributed by atoms with Crippen LogP contribution in [0.15, 0.2) is 65.3 Å². The number of carbonyl (C=O) groups is 3. The molecule has 2 aliphatic heterocycles. The molecule has 2 aromatic heterocycles. The summed E-state index contributed by atoms with van der Waals surface area (Å²) in [7, 11) is 0. The smallest absolute Gasteiger partial charge is 0.272 e. The molecular weight excluding hydrogens is 534 g/mol. The number of pyridine rings is 1. The molecule has 10 heteroatoms. The van der Waals surface area contributed by atoms with Gasteiger partial charge in [-0.15, -0.1) is 0 Å². The second-order valence-corrected chi connectivity index (χ2v) is 10.9. The summed E-state index contributed by atoms with van der Waals surface area (Å²) in [5.74, 6) is -0.00464. The number of benzene rings is 2. The first-order valence-electron chi connectivity index (χ1n) is 14.3. The third-order valence-electron chi connectivity index (χ3n) is 8.15. The van der Waals surface area contributed by atoms with Crippen LogP contribution in [0.2, 0.25) is 0 Å². The monoisotopic (exact) mass is 567 g/mol. The Morgan fingerprint density at radius 3 is 2.55 bits per heavy atom. The highest BCUT2D eigenvalue weighted by atomic mass is 16.5. The molecule has 0 radical (unpaired) electrons. The highest BCUT2D eigenvalue weighted by molar-refractivity contribution is 5.97. The second kappa shape index (κ2) is 11.6. The van der Waals surface area contributed by atoms with E-state index in [-0.39, 0.29) is 30.2 Å². The Balaban J connectivity index is 1.22. The van der Waals surface area contributed by atoms with Crippen LogP contribution in [0.4, 0.5) is 0 Å². The van der Waals surface area contributed by atoms with E-state index < -0.39 is 5.92 Å². The van der Waals surface area contributed by atoms with E-state index in [9.17, 15) is 14.4 Å². The molecule has 2 atom stereocenters. The fraction of sp³-hybridized carbons (Fsp3) is 0.344. The van der Waals surface area contributed by atoms with Crippen LogP contribution >= 0.6 is 0 Å². The van der Waals surface area contributed by atoms with Gasteiger partial charge in [-0.1, -0.05) is 41.6 Å². The summed E-state index contributed by atoms with van der Waals surface area (Å²) in [6.07, 6.45) is 2.28. The number of nitrogens with one attached hydrogen (secondary N) is 1. The second-order valence-electron chi connectivity index (χ2n) is 10.9. The number of likely N-dealkylation sites (tertiary alicyclic amines) is 1. The zero-order valence-corrected chi connectivity index (χ0v) is 23.7. The van der Waals surface area contributed by atoms with Crippen LogP contribution in [0.3, 0.4) is 0 Å². The molecule has 6 rings (SSSR count). The molecule has 0 saturated carbocycles. The zero-order chi connectivity index (χ0) is 29.2. The molecule has 0 aliphatic carbocycles. The van der Waals surface area contributed by atoms with Gasteiger partial charge >= 0.3 is 0 Å². The average Bonchev–Trinajstić information content (AvgIpc) is 3.60. The fourth-order valence-corrected chi connectivity index (χ4v) is 5.92. The molecule has 1 N–H and O–H groups in total. The first kappa shape index (κ1) is 27.4.